The molecule has 0 aliphatic carbocycles. The SMILES string of the molecule is Cn1cc(CN)cc1C(=O)N1CCCC1. The van der Waals surface area contributed by atoms with E-state index in [1.807, 2.05) is 28.8 Å². The van der Waals surface area contributed by atoms with E-state index in [0.717, 1.165) is 37.2 Å². The molecule has 2 N–H and O–H groups in total. The molecule has 1 fully saturated rings. The molecule has 1 saturated heterocycles. The van der Waals surface area contributed by atoms with Crippen molar-refractivity contribution in [3.05, 3.63) is 23.5 Å². The molecule has 2 heterocycles. The zero-order valence-electron chi connectivity index (χ0n) is 9.07. The van der Waals surface area contributed by atoms with Crippen LogP contribution in [0.1, 0.15) is 28.9 Å². The lowest BCUT2D eigenvalue weighted by Crippen LogP contribution is -2.29. The van der Waals surface area contributed by atoms with Gasteiger partial charge in [-0.2, -0.15) is 0 Å². The molecular weight excluding hydrogens is 190 g/mol. The van der Waals surface area contributed by atoms with Crippen LogP contribution >= 0.6 is 0 Å². The third-order valence-corrected chi connectivity index (χ3v) is 2.91. The van der Waals surface area contributed by atoms with Crippen LogP contribution in [0.15, 0.2) is 12.3 Å². The van der Waals surface area contributed by atoms with Gasteiger partial charge in [0.1, 0.15) is 5.69 Å². The Bertz CT molecular complexity index is 364. The topological polar surface area (TPSA) is 51.3 Å². The van der Waals surface area contributed by atoms with Crippen LogP contribution in [0.2, 0.25) is 0 Å². The van der Waals surface area contributed by atoms with Gasteiger partial charge in [0, 0.05) is 32.9 Å². The summed E-state index contributed by atoms with van der Waals surface area (Å²) in [5.74, 6) is 0.134. The highest BCUT2D eigenvalue weighted by Crippen LogP contribution is 2.14. The van der Waals surface area contributed by atoms with Gasteiger partial charge in [0.25, 0.3) is 5.91 Å². The second-order valence-corrected chi connectivity index (χ2v) is 4.05. The quantitative estimate of drug-likeness (QED) is 0.777. The van der Waals surface area contributed by atoms with Gasteiger partial charge in [-0.05, 0) is 24.5 Å². The molecule has 1 aromatic heterocycles. The summed E-state index contributed by atoms with van der Waals surface area (Å²) in [7, 11) is 1.89. The van der Waals surface area contributed by atoms with Crippen LogP contribution in [0.4, 0.5) is 0 Å². The molecule has 2 rings (SSSR count). The van der Waals surface area contributed by atoms with Gasteiger partial charge in [-0.15, -0.1) is 0 Å². The van der Waals surface area contributed by atoms with E-state index in [4.69, 9.17) is 5.73 Å². The van der Waals surface area contributed by atoms with E-state index in [0.29, 0.717) is 6.54 Å². The molecule has 0 unspecified atom stereocenters. The van der Waals surface area contributed by atoms with Crippen LogP contribution < -0.4 is 5.73 Å². The van der Waals surface area contributed by atoms with Crippen molar-refractivity contribution in [2.45, 2.75) is 19.4 Å². The molecule has 0 aromatic carbocycles. The lowest BCUT2D eigenvalue weighted by molar-refractivity contribution is 0.0783. The van der Waals surface area contributed by atoms with Crippen molar-refractivity contribution >= 4 is 5.91 Å². The number of rotatable bonds is 2. The van der Waals surface area contributed by atoms with Gasteiger partial charge in [-0.3, -0.25) is 4.79 Å². The Morgan fingerprint density at radius 2 is 2.13 bits per heavy atom. The van der Waals surface area contributed by atoms with Crippen molar-refractivity contribution in [3.8, 4) is 0 Å². The summed E-state index contributed by atoms with van der Waals surface area (Å²) in [5.41, 5.74) is 7.31. The van der Waals surface area contributed by atoms with Crippen LogP contribution in [-0.2, 0) is 13.6 Å². The summed E-state index contributed by atoms with van der Waals surface area (Å²) in [6, 6.07) is 1.89. The van der Waals surface area contributed by atoms with Crippen LogP contribution in [0, 0.1) is 0 Å². The highest BCUT2D eigenvalue weighted by Gasteiger charge is 2.21. The lowest BCUT2D eigenvalue weighted by atomic mass is 10.3. The zero-order valence-corrected chi connectivity index (χ0v) is 9.07. The van der Waals surface area contributed by atoms with Crippen molar-refractivity contribution in [2.24, 2.45) is 12.8 Å². The fourth-order valence-corrected chi connectivity index (χ4v) is 2.04. The molecule has 4 nitrogen and oxygen atoms in total. The van der Waals surface area contributed by atoms with Gasteiger partial charge in [0.05, 0.1) is 0 Å². The van der Waals surface area contributed by atoms with E-state index in [2.05, 4.69) is 0 Å². The Balaban J connectivity index is 2.20. The number of nitrogens with zero attached hydrogens (tertiary/aromatic N) is 2. The maximum Gasteiger partial charge on any atom is 0.270 e. The average molecular weight is 207 g/mol. The van der Waals surface area contributed by atoms with Gasteiger partial charge >= 0.3 is 0 Å². The third kappa shape index (κ3) is 1.90. The number of aryl methyl sites for hydroxylation is 1. The van der Waals surface area contributed by atoms with Crippen molar-refractivity contribution in [2.75, 3.05) is 13.1 Å². The molecule has 1 aliphatic heterocycles. The number of amides is 1. The van der Waals surface area contributed by atoms with Crippen LogP contribution in [0.3, 0.4) is 0 Å². The largest absolute Gasteiger partial charge is 0.346 e. The number of aromatic nitrogens is 1. The monoisotopic (exact) mass is 207 g/mol. The van der Waals surface area contributed by atoms with E-state index in [1.54, 1.807) is 0 Å². The Morgan fingerprint density at radius 3 is 2.67 bits per heavy atom. The van der Waals surface area contributed by atoms with E-state index < -0.39 is 0 Å². The van der Waals surface area contributed by atoms with E-state index in [9.17, 15) is 4.79 Å². The number of nitrogens with two attached hydrogens (primary N) is 1. The first-order chi connectivity index (χ1) is 7.22. The Hall–Kier alpha value is -1.29. The molecule has 0 spiro atoms. The summed E-state index contributed by atoms with van der Waals surface area (Å²) in [6.45, 7) is 2.27. The normalized spacial score (nSPS) is 16.0. The lowest BCUT2D eigenvalue weighted by Gasteiger charge is -2.15. The first-order valence-corrected chi connectivity index (χ1v) is 5.37. The maximum absolute atomic E-state index is 12.1. The average Bonchev–Trinajstić information content (AvgIpc) is 2.85. The van der Waals surface area contributed by atoms with Gasteiger partial charge in [-0.25, -0.2) is 0 Å². The van der Waals surface area contributed by atoms with E-state index in [-0.39, 0.29) is 5.91 Å². The molecule has 0 bridgehead atoms. The number of carbonyl (C=O) groups is 1. The standard InChI is InChI=1S/C11H17N3O/c1-13-8-9(7-12)6-10(13)11(15)14-4-2-3-5-14/h6,8H,2-5,7,12H2,1H3. The number of hydrogen-bond donors (Lipinski definition) is 1. The Kier molecular flexibility index (Phi) is 2.77. The molecular formula is C11H17N3O. The van der Waals surface area contributed by atoms with Crippen molar-refractivity contribution in [3.63, 3.8) is 0 Å². The molecule has 0 atom stereocenters. The van der Waals surface area contributed by atoms with Crippen LogP contribution in [0.5, 0.6) is 0 Å². The molecule has 15 heavy (non-hydrogen) atoms. The van der Waals surface area contributed by atoms with Gasteiger partial charge < -0.3 is 15.2 Å². The maximum atomic E-state index is 12.1. The number of hydrogen-bond acceptors (Lipinski definition) is 2. The summed E-state index contributed by atoms with van der Waals surface area (Å²) in [6.07, 6.45) is 4.17. The molecule has 1 amide bonds. The van der Waals surface area contributed by atoms with Crippen molar-refractivity contribution in [1.82, 2.24) is 9.47 Å². The van der Waals surface area contributed by atoms with Crippen molar-refractivity contribution in [1.29, 1.82) is 0 Å². The van der Waals surface area contributed by atoms with Gasteiger partial charge in [0.2, 0.25) is 0 Å². The Morgan fingerprint density at radius 1 is 1.47 bits per heavy atom. The summed E-state index contributed by atoms with van der Waals surface area (Å²) >= 11 is 0. The Labute approximate surface area is 89.7 Å². The predicted octanol–water partition coefficient (Wildman–Crippen LogP) is 0.720. The first-order valence-electron chi connectivity index (χ1n) is 5.37. The van der Waals surface area contributed by atoms with Crippen LogP contribution in [-0.4, -0.2) is 28.5 Å². The predicted molar refractivity (Wildman–Crippen MR) is 58.4 cm³/mol. The molecule has 1 aromatic rings. The highest BCUT2D eigenvalue weighted by molar-refractivity contribution is 5.93. The fraction of sp³-hybridized carbons (Fsp3) is 0.545. The second kappa shape index (κ2) is 4.06. The van der Waals surface area contributed by atoms with Crippen LogP contribution in [0.25, 0.3) is 0 Å². The van der Waals surface area contributed by atoms with E-state index >= 15 is 0 Å². The minimum absolute atomic E-state index is 0.134. The fourth-order valence-electron chi connectivity index (χ4n) is 2.04. The molecule has 4 heteroatoms. The third-order valence-electron chi connectivity index (χ3n) is 2.91. The molecule has 82 valence electrons. The molecule has 0 radical (unpaired) electrons. The van der Waals surface area contributed by atoms with Crippen molar-refractivity contribution < 1.29 is 4.79 Å². The number of carbonyl (C=O) groups excluding carboxylic acids is 1. The van der Waals surface area contributed by atoms with E-state index in [1.165, 1.54) is 0 Å². The second-order valence-electron chi connectivity index (χ2n) is 4.05. The summed E-state index contributed by atoms with van der Waals surface area (Å²) in [4.78, 5) is 14.0. The van der Waals surface area contributed by atoms with Gasteiger partial charge in [0.15, 0.2) is 0 Å². The minimum atomic E-state index is 0.134. The summed E-state index contributed by atoms with van der Waals surface area (Å²) < 4.78 is 1.86. The minimum Gasteiger partial charge on any atom is -0.346 e. The smallest absolute Gasteiger partial charge is 0.270 e. The zero-order chi connectivity index (χ0) is 10.8. The first kappa shape index (κ1) is 10.2. The summed E-state index contributed by atoms with van der Waals surface area (Å²) in [5, 5.41) is 0. The molecule has 0 saturated carbocycles. The highest BCUT2D eigenvalue weighted by atomic mass is 16.2. The molecule has 1 aliphatic rings. The van der Waals surface area contributed by atoms with Gasteiger partial charge in [-0.1, -0.05) is 0 Å². The number of likely N-dealkylation sites (tertiary alicyclic amines) is 1.